The van der Waals surface area contributed by atoms with E-state index in [0.717, 1.165) is 23.1 Å². The first kappa shape index (κ1) is 11.3. The van der Waals surface area contributed by atoms with Gasteiger partial charge in [-0.15, -0.1) is 0 Å². The fraction of sp³-hybridized carbons (Fsp3) is 0. The third-order valence-corrected chi connectivity index (χ3v) is 2.84. The fourth-order valence-corrected chi connectivity index (χ4v) is 1.88. The highest BCUT2D eigenvalue weighted by molar-refractivity contribution is 5.75. The summed E-state index contributed by atoms with van der Waals surface area (Å²) >= 11 is 0. The van der Waals surface area contributed by atoms with E-state index in [2.05, 4.69) is 10.1 Å². The molecule has 0 saturated heterocycles. The van der Waals surface area contributed by atoms with Crippen LogP contribution in [0.1, 0.15) is 10.4 Å². The van der Waals surface area contributed by atoms with Crippen LogP contribution < -0.4 is 0 Å². The largest absolute Gasteiger partial charge is 0.298 e. The van der Waals surface area contributed by atoms with Gasteiger partial charge in [-0.2, -0.15) is 5.10 Å². The highest BCUT2D eigenvalue weighted by Crippen LogP contribution is 2.19. The molecule has 19 heavy (non-hydrogen) atoms. The zero-order valence-electron chi connectivity index (χ0n) is 10.1. The van der Waals surface area contributed by atoms with E-state index in [1.165, 1.54) is 6.20 Å². The van der Waals surface area contributed by atoms with Gasteiger partial charge in [0.15, 0.2) is 6.29 Å². The van der Waals surface area contributed by atoms with Crippen molar-refractivity contribution >= 4 is 6.29 Å². The average molecular weight is 249 g/mol. The smallest absolute Gasteiger partial charge is 0.151 e. The number of hydrogen-bond acceptors (Lipinski definition) is 3. The maximum absolute atomic E-state index is 10.7. The number of nitrogens with zero attached hydrogens (tertiary/aromatic N) is 3. The molecule has 0 aliphatic carbocycles. The van der Waals surface area contributed by atoms with Crippen LogP contribution in [-0.4, -0.2) is 21.1 Å². The van der Waals surface area contributed by atoms with Gasteiger partial charge >= 0.3 is 0 Å². The van der Waals surface area contributed by atoms with Crippen molar-refractivity contribution in [2.45, 2.75) is 0 Å². The van der Waals surface area contributed by atoms with Crippen LogP contribution in [0.25, 0.3) is 16.8 Å². The molecule has 2 heterocycles. The van der Waals surface area contributed by atoms with Gasteiger partial charge in [0, 0.05) is 23.5 Å². The molecule has 0 aliphatic rings. The number of aldehydes is 1. The SMILES string of the molecule is O=Cc1cncc(-n2cc(-c3ccccc3)cn2)c1. The third-order valence-electron chi connectivity index (χ3n) is 2.84. The maximum atomic E-state index is 10.7. The summed E-state index contributed by atoms with van der Waals surface area (Å²) in [6.07, 6.45) is 7.69. The summed E-state index contributed by atoms with van der Waals surface area (Å²) in [5.41, 5.74) is 3.44. The van der Waals surface area contributed by atoms with Gasteiger partial charge in [-0.1, -0.05) is 30.3 Å². The molecule has 4 nitrogen and oxygen atoms in total. The minimum atomic E-state index is 0.536. The zero-order valence-corrected chi connectivity index (χ0v) is 10.1. The van der Waals surface area contributed by atoms with Gasteiger partial charge in [-0.05, 0) is 11.6 Å². The van der Waals surface area contributed by atoms with Crippen LogP contribution in [-0.2, 0) is 0 Å². The number of benzene rings is 1. The summed E-state index contributed by atoms with van der Waals surface area (Å²) in [4.78, 5) is 14.8. The summed E-state index contributed by atoms with van der Waals surface area (Å²) in [5.74, 6) is 0. The molecule has 4 heteroatoms. The fourth-order valence-electron chi connectivity index (χ4n) is 1.88. The van der Waals surface area contributed by atoms with Gasteiger partial charge in [-0.25, -0.2) is 4.68 Å². The minimum absolute atomic E-state index is 0.536. The molecule has 0 bridgehead atoms. The summed E-state index contributed by atoms with van der Waals surface area (Å²) in [5, 5.41) is 4.30. The summed E-state index contributed by atoms with van der Waals surface area (Å²) < 4.78 is 1.71. The Morgan fingerprint density at radius 3 is 2.63 bits per heavy atom. The second-order valence-corrected chi connectivity index (χ2v) is 4.13. The molecular formula is C15H11N3O. The zero-order chi connectivity index (χ0) is 13.1. The lowest BCUT2D eigenvalue weighted by Gasteiger charge is -2.00. The second-order valence-electron chi connectivity index (χ2n) is 4.13. The van der Waals surface area contributed by atoms with E-state index in [4.69, 9.17) is 0 Å². The van der Waals surface area contributed by atoms with Gasteiger partial charge in [0.2, 0.25) is 0 Å². The van der Waals surface area contributed by atoms with E-state index in [1.807, 2.05) is 36.5 Å². The Labute approximate surface area is 110 Å². The molecular weight excluding hydrogens is 238 g/mol. The molecule has 0 saturated carbocycles. The van der Waals surface area contributed by atoms with Crippen LogP contribution in [0.2, 0.25) is 0 Å². The van der Waals surface area contributed by atoms with Crippen molar-refractivity contribution < 1.29 is 4.79 Å². The van der Waals surface area contributed by atoms with Crippen LogP contribution in [0.4, 0.5) is 0 Å². The molecule has 0 atom stereocenters. The van der Waals surface area contributed by atoms with Gasteiger partial charge in [0.1, 0.15) is 0 Å². The van der Waals surface area contributed by atoms with E-state index >= 15 is 0 Å². The summed E-state index contributed by atoms with van der Waals surface area (Å²) in [7, 11) is 0. The van der Waals surface area contributed by atoms with Gasteiger partial charge < -0.3 is 0 Å². The lowest BCUT2D eigenvalue weighted by molar-refractivity contribution is 0.112. The molecule has 92 valence electrons. The van der Waals surface area contributed by atoms with Crippen molar-refractivity contribution in [3.8, 4) is 16.8 Å². The normalized spacial score (nSPS) is 10.3. The van der Waals surface area contributed by atoms with Crippen molar-refractivity contribution in [3.63, 3.8) is 0 Å². The van der Waals surface area contributed by atoms with E-state index < -0.39 is 0 Å². The van der Waals surface area contributed by atoms with Crippen LogP contribution >= 0.6 is 0 Å². The Balaban J connectivity index is 1.99. The molecule has 3 aromatic rings. The van der Waals surface area contributed by atoms with Gasteiger partial charge in [-0.3, -0.25) is 9.78 Å². The Morgan fingerprint density at radius 2 is 1.84 bits per heavy atom. The van der Waals surface area contributed by atoms with Crippen LogP contribution in [0.3, 0.4) is 0 Å². The van der Waals surface area contributed by atoms with Gasteiger partial charge in [0.25, 0.3) is 0 Å². The number of pyridine rings is 1. The monoisotopic (exact) mass is 249 g/mol. The van der Waals surface area contributed by atoms with Crippen LogP contribution in [0.5, 0.6) is 0 Å². The van der Waals surface area contributed by atoms with E-state index in [-0.39, 0.29) is 0 Å². The van der Waals surface area contributed by atoms with Crippen LogP contribution in [0.15, 0.2) is 61.2 Å². The topological polar surface area (TPSA) is 47.8 Å². The van der Waals surface area contributed by atoms with Gasteiger partial charge in [0.05, 0.1) is 18.1 Å². The van der Waals surface area contributed by atoms with E-state index in [9.17, 15) is 4.79 Å². The number of aromatic nitrogens is 3. The van der Waals surface area contributed by atoms with Crippen molar-refractivity contribution in [2.75, 3.05) is 0 Å². The first-order valence-corrected chi connectivity index (χ1v) is 5.87. The lowest BCUT2D eigenvalue weighted by Crippen LogP contribution is -1.96. The van der Waals surface area contributed by atoms with Crippen LogP contribution in [0, 0.1) is 0 Å². The standard InChI is InChI=1S/C15H11N3O/c19-11-12-6-15(9-16-7-12)18-10-14(8-17-18)13-4-2-1-3-5-13/h1-11H. The predicted molar refractivity (Wildman–Crippen MR) is 72.2 cm³/mol. The first-order chi connectivity index (χ1) is 9.36. The molecule has 0 fully saturated rings. The number of carbonyl (C=O) groups excluding carboxylic acids is 1. The molecule has 0 aliphatic heterocycles. The summed E-state index contributed by atoms with van der Waals surface area (Å²) in [6, 6.07) is 11.8. The maximum Gasteiger partial charge on any atom is 0.151 e. The van der Waals surface area contributed by atoms with E-state index in [0.29, 0.717) is 5.56 Å². The van der Waals surface area contributed by atoms with Crippen molar-refractivity contribution in [1.29, 1.82) is 0 Å². The number of rotatable bonds is 3. The van der Waals surface area contributed by atoms with Crippen molar-refractivity contribution in [3.05, 3.63) is 66.7 Å². The number of hydrogen-bond donors (Lipinski definition) is 0. The molecule has 2 aromatic heterocycles. The van der Waals surface area contributed by atoms with E-state index in [1.54, 1.807) is 23.1 Å². The first-order valence-electron chi connectivity index (χ1n) is 5.87. The highest BCUT2D eigenvalue weighted by atomic mass is 16.1. The Hall–Kier alpha value is -2.75. The van der Waals surface area contributed by atoms with Crippen molar-refractivity contribution in [1.82, 2.24) is 14.8 Å². The van der Waals surface area contributed by atoms with Crippen molar-refractivity contribution in [2.24, 2.45) is 0 Å². The minimum Gasteiger partial charge on any atom is -0.298 e. The Morgan fingerprint density at radius 1 is 1.00 bits per heavy atom. The summed E-state index contributed by atoms with van der Waals surface area (Å²) in [6.45, 7) is 0. The third kappa shape index (κ3) is 2.28. The lowest BCUT2D eigenvalue weighted by atomic mass is 10.1. The quantitative estimate of drug-likeness (QED) is 0.670. The molecule has 0 spiro atoms. The molecule has 3 rings (SSSR count). The Kier molecular flexibility index (Phi) is 2.90. The predicted octanol–water partition coefficient (Wildman–Crippen LogP) is 2.75. The highest BCUT2D eigenvalue weighted by Gasteiger charge is 2.04. The Bertz CT molecular complexity index is 704. The molecule has 0 amide bonds. The molecule has 1 aromatic carbocycles. The average Bonchev–Trinajstić information content (AvgIpc) is 2.98. The molecule has 0 radical (unpaired) electrons. The number of carbonyl (C=O) groups is 1. The second kappa shape index (κ2) is 4.86. The molecule has 0 unspecified atom stereocenters. The molecule has 0 N–H and O–H groups in total.